The summed E-state index contributed by atoms with van der Waals surface area (Å²) in [5, 5.41) is 9.52. The molecule has 324 valence electrons. The molecule has 0 radical (unpaired) electrons. The number of carbonyl (C=O) groups is 2. The Morgan fingerprint density at radius 3 is 1.40 bits per heavy atom. The Bertz CT molecular complexity index is 840. The van der Waals surface area contributed by atoms with E-state index in [-0.39, 0.29) is 24.8 Å². The average Bonchev–Trinajstić information content (AvgIpc) is 3.18. The molecule has 0 amide bonds. The molecule has 1 N–H and O–H groups in total. The second-order valence-corrected chi connectivity index (χ2v) is 15.3. The Balaban J connectivity index is 3.95. The molecule has 0 saturated carbocycles. The number of esters is 2. The van der Waals surface area contributed by atoms with Gasteiger partial charge in [-0.3, -0.25) is 9.59 Å². The molecule has 0 aliphatic heterocycles. The highest BCUT2D eigenvalue weighted by molar-refractivity contribution is 5.69. The van der Waals surface area contributed by atoms with Gasteiger partial charge in [-0.25, -0.2) is 0 Å². The first-order chi connectivity index (χ1) is 27.1. The second-order valence-electron chi connectivity index (χ2n) is 15.3. The van der Waals surface area contributed by atoms with Gasteiger partial charge in [-0.2, -0.15) is 0 Å². The van der Waals surface area contributed by atoms with Crippen LogP contribution in [0.15, 0.2) is 24.3 Å². The summed E-state index contributed by atoms with van der Waals surface area (Å²) in [4.78, 5) is 26.7. The lowest BCUT2D eigenvalue weighted by atomic mass is 10.1. The highest BCUT2D eigenvalue weighted by Gasteiger charge is 2.10. The van der Waals surface area contributed by atoms with Crippen LogP contribution in [0.25, 0.3) is 0 Å². The van der Waals surface area contributed by atoms with Crippen LogP contribution in [0, 0.1) is 0 Å². The van der Waals surface area contributed by atoms with Crippen molar-refractivity contribution in [1.82, 2.24) is 4.90 Å². The predicted molar refractivity (Wildman–Crippen MR) is 230 cm³/mol. The number of hydrogen-bond donors (Lipinski definition) is 1. The predicted octanol–water partition coefficient (Wildman–Crippen LogP) is 12.2. The Kier molecular flexibility index (Phi) is 43.5. The molecule has 0 spiro atoms. The summed E-state index contributed by atoms with van der Waals surface area (Å²) in [5.74, 6) is -0.157. The van der Waals surface area contributed by atoms with Gasteiger partial charge in [0.1, 0.15) is 0 Å². The zero-order chi connectivity index (χ0) is 40.1. The van der Waals surface area contributed by atoms with Crippen molar-refractivity contribution in [1.29, 1.82) is 0 Å². The molecule has 0 atom stereocenters. The third kappa shape index (κ3) is 41.7. The van der Waals surface area contributed by atoms with Gasteiger partial charge in [0.25, 0.3) is 0 Å². The Morgan fingerprint density at radius 2 is 0.909 bits per heavy atom. The molecule has 0 unspecified atom stereocenters. The van der Waals surface area contributed by atoms with Gasteiger partial charge in [-0.15, -0.1) is 0 Å². The molecular formula is C47H89NO7. The third-order valence-electron chi connectivity index (χ3n) is 10.0. The molecule has 0 rings (SSSR count). The molecule has 0 aromatic rings. The minimum absolute atomic E-state index is 0.0429. The van der Waals surface area contributed by atoms with Crippen LogP contribution in [0.4, 0.5) is 0 Å². The lowest BCUT2D eigenvalue weighted by Crippen LogP contribution is -2.29. The fourth-order valence-corrected chi connectivity index (χ4v) is 6.50. The van der Waals surface area contributed by atoms with Gasteiger partial charge < -0.3 is 29.0 Å². The van der Waals surface area contributed by atoms with Crippen molar-refractivity contribution in [3.8, 4) is 0 Å². The van der Waals surface area contributed by atoms with E-state index >= 15 is 0 Å². The zero-order valence-electron chi connectivity index (χ0n) is 36.4. The maximum Gasteiger partial charge on any atom is 0.305 e. The van der Waals surface area contributed by atoms with Crippen molar-refractivity contribution in [2.45, 2.75) is 213 Å². The number of carbonyl (C=O) groups excluding carboxylic acids is 2. The van der Waals surface area contributed by atoms with Crippen LogP contribution in [0.2, 0.25) is 0 Å². The topological polar surface area (TPSA) is 94.5 Å². The van der Waals surface area contributed by atoms with E-state index in [0.717, 1.165) is 116 Å². The largest absolute Gasteiger partial charge is 0.466 e. The molecule has 0 bridgehead atoms. The van der Waals surface area contributed by atoms with Gasteiger partial charge >= 0.3 is 11.9 Å². The SMILES string of the molecule is CCCCC/C=C/COC(CCCCC(=O)OCCCCCCN(CCO)CCCCCCCC(=O)OCCCCCCCCC)OC/C=C/CCCCC. The summed E-state index contributed by atoms with van der Waals surface area (Å²) >= 11 is 0. The molecule has 0 heterocycles. The van der Waals surface area contributed by atoms with Gasteiger partial charge in [0.2, 0.25) is 0 Å². The molecule has 0 aliphatic rings. The molecule has 0 aromatic carbocycles. The van der Waals surface area contributed by atoms with E-state index < -0.39 is 0 Å². The van der Waals surface area contributed by atoms with E-state index in [4.69, 9.17) is 18.9 Å². The van der Waals surface area contributed by atoms with Crippen molar-refractivity contribution in [2.75, 3.05) is 52.7 Å². The molecule has 55 heavy (non-hydrogen) atoms. The summed E-state index contributed by atoms with van der Waals surface area (Å²) in [6.45, 7) is 11.7. The van der Waals surface area contributed by atoms with Crippen molar-refractivity contribution < 1.29 is 33.6 Å². The number of nitrogens with zero attached hydrogens (tertiary/aromatic N) is 1. The standard InChI is InChI=1S/C47H89NO7/c1-4-7-10-13-16-23-30-41-52-45(50)34-25-18-17-19-28-37-48(39-40-49)38-29-20-24-31-42-53-46(51)35-26-27-36-47(54-43-32-21-14-11-8-5-2)55-44-33-22-15-12-9-6-3/h21-22,32-33,47,49H,4-20,23-31,34-44H2,1-3H3/b32-21+,33-22+. The number of allylic oxidation sites excluding steroid dienone is 2. The second kappa shape index (κ2) is 45.0. The van der Waals surface area contributed by atoms with Crippen LogP contribution in [0.3, 0.4) is 0 Å². The van der Waals surface area contributed by atoms with Crippen LogP contribution >= 0.6 is 0 Å². The fourth-order valence-electron chi connectivity index (χ4n) is 6.50. The first-order valence-corrected chi connectivity index (χ1v) is 23.2. The van der Waals surface area contributed by atoms with Gasteiger partial charge in [0.15, 0.2) is 6.29 Å². The van der Waals surface area contributed by atoms with Crippen LogP contribution in [-0.2, 0) is 28.5 Å². The van der Waals surface area contributed by atoms with Crippen molar-refractivity contribution >= 4 is 11.9 Å². The van der Waals surface area contributed by atoms with Gasteiger partial charge in [0.05, 0.1) is 33.0 Å². The summed E-state index contributed by atoms with van der Waals surface area (Å²) in [5.41, 5.74) is 0. The number of hydrogen-bond acceptors (Lipinski definition) is 8. The Morgan fingerprint density at radius 1 is 0.491 bits per heavy atom. The van der Waals surface area contributed by atoms with Crippen molar-refractivity contribution in [3.63, 3.8) is 0 Å². The zero-order valence-corrected chi connectivity index (χ0v) is 36.4. The molecule has 0 saturated heterocycles. The lowest BCUT2D eigenvalue weighted by Gasteiger charge is -2.21. The van der Waals surface area contributed by atoms with Crippen molar-refractivity contribution in [3.05, 3.63) is 24.3 Å². The first-order valence-electron chi connectivity index (χ1n) is 23.2. The van der Waals surface area contributed by atoms with Gasteiger partial charge in [-0.05, 0) is 90.1 Å². The van der Waals surface area contributed by atoms with E-state index in [0.29, 0.717) is 45.8 Å². The minimum atomic E-state index is -0.261. The molecule has 0 aromatic heterocycles. The minimum Gasteiger partial charge on any atom is -0.466 e. The Labute approximate surface area is 339 Å². The van der Waals surface area contributed by atoms with Crippen LogP contribution in [-0.4, -0.2) is 80.9 Å². The van der Waals surface area contributed by atoms with Crippen molar-refractivity contribution in [2.24, 2.45) is 0 Å². The number of unbranched alkanes of at least 4 members (excludes halogenated alkanes) is 20. The number of aliphatic hydroxyl groups excluding tert-OH is 1. The Hall–Kier alpha value is -1.74. The maximum absolute atomic E-state index is 12.3. The normalized spacial score (nSPS) is 11.9. The van der Waals surface area contributed by atoms with E-state index in [2.05, 4.69) is 50.0 Å². The van der Waals surface area contributed by atoms with E-state index in [1.54, 1.807) is 0 Å². The van der Waals surface area contributed by atoms with E-state index in [1.807, 2.05) is 0 Å². The highest BCUT2D eigenvalue weighted by atomic mass is 16.7. The van der Waals surface area contributed by atoms with Gasteiger partial charge in [0, 0.05) is 19.4 Å². The van der Waals surface area contributed by atoms with Crippen LogP contribution < -0.4 is 0 Å². The molecular weight excluding hydrogens is 691 g/mol. The van der Waals surface area contributed by atoms with E-state index in [1.165, 1.54) is 70.6 Å². The average molecular weight is 780 g/mol. The quantitative estimate of drug-likeness (QED) is 0.0283. The summed E-state index contributed by atoms with van der Waals surface area (Å²) in [7, 11) is 0. The third-order valence-corrected chi connectivity index (χ3v) is 10.0. The lowest BCUT2D eigenvalue weighted by molar-refractivity contribution is -0.145. The van der Waals surface area contributed by atoms with Gasteiger partial charge in [-0.1, -0.05) is 141 Å². The highest BCUT2D eigenvalue weighted by Crippen LogP contribution is 2.13. The molecule has 8 heteroatoms. The van der Waals surface area contributed by atoms with Crippen LogP contribution in [0.1, 0.15) is 207 Å². The summed E-state index contributed by atoms with van der Waals surface area (Å²) in [6.07, 6.45) is 39.4. The monoisotopic (exact) mass is 780 g/mol. The summed E-state index contributed by atoms with van der Waals surface area (Å²) in [6, 6.07) is 0. The molecule has 0 fully saturated rings. The molecule has 8 nitrogen and oxygen atoms in total. The maximum atomic E-state index is 12.3. The fraction of sp³-hybridized carbons (Fsp3) is 0.872. The number of aliphatic hydroxyl groups is 1. The first kappa shape index (κ1) is 53.3. The number of ether oxygens (including phenoxy) is 4. The smallest absolute Gasteiger partial charge is 0.305 e. The molecule has 0 aliphatic carbocycles. The number of rotatable bonds is 44. The van der Waals surface area contributed by atoms with E-state index in [9.17, 15) is 14.7 Å². The summed E-state index contributed by atoms with van der Waals surface area (Å²) < 4.78 is 22.9. The van der Waals surface area contributed by atoms with Crippen LogP contribution in [0.5, 0.6) is 0 Å².